The van der Waals surface area contributed by atoms with Crippen LogP contribution in [0.1, 0.15) is 22.3 Å². The minimum Gasteiger partial charge on any atom is -0.228 e. The second kappa shape index (κ2) is 13.1. The smallest absolute Gasteiger partial charge is 0.160 e. The molecule has 11 rings (SSSR count). The van der Waals surface area contributed by atoms with Gasteiger partial charge in [-0.05, 0) is 68.8 Å². The Morgan fingerprint density at radius 3 is 1.54 bits per heavy atom. The van der Waals surface area contributed by atoms with Gasteiger partial charge in [-0.25, -0.2) is 9.97 Å². The van der Waals surface area contributed by atoms with Gasteiger partial charge in [-0.2, -0.15) is 0 Å². The molecule has 0 atom stereocenters. The topological polar surface area (TPSA) is 25.8 Å². The Morgan fingerprint density at radius 1 is 0.339 bits per heavy atom. The van der Waals surface area contributed by atoms with E-state index in [9.17, 15) is 0 Å². The van der Waals surface area contributed by atoms with Crippen LogP contribution in [0.25, 0.3) is 76.3 Å². The standard InChI is InChI=1S/C53H34N2S/c1-3-13-38(14-4-1)52-54-48(34-49(55-52)39-29-32-51-45(33-39)44-19-9-12-22-50(44)56-51)37-25-23-35(24-26-37)36-27-30-41(31-28-36)53(40-15-5-2-6-16-40)46-20-10-7-17-42(46)43-18-8-11-21-47(43)53/h1-34H. The molecule has 1 aliphatic carbocycles. The Labute approximate surface area is 330 Å². The van der Waals surface area contributed by atoms with E-state index in [4.69, 9.17) is 9.97 Å². The quantitative estimate of drug-likeness (QED) is 0.170. The maximum absolute atomic E-state index is 5.12. The van der Waals surface area contributed by atoms with Crippen LogP contribution in [0.4, 0.5) is 0 Å². The molecule has 0 radical (unpaired) electrons. The summed E-state index contributed by atoms with van der Waals surface area (Å²) in [6, 6.07) is 74.5. The first-order chi connectivity index (χ1) is 27.7. The van der Waals surface area contributed by atoms with Crippen molar-refractivity contribution in [1.29, 1.82) is 0 Å². The summed E-state index contributed by atoms with van der Waals surface area (Å²) in [5, 5.41) is 2.54. The first-order valence-corrected chi connectivity index (χ1v) is 19.9. The first-order valence-electron chi connectivity index (χ1n) is 19.1. The van der Waals surface area contributed by atoms with Crippen LogP contribution in [0, 0.1) is 0 Å². The predicted octanol–water partition coefficient (Wildman–Crippen LogP) is 13.9. The molecule has 0 amide bonds. The van der Waals surface area contributed by atoms with Crippen LogP contribution in [-0.4, -0.2) is 9.97 Å². The van der Waals surface area contributed by atoms with Gasteiger partial charge in [-0.1, -0.05) is 182 Å². The zero-order valence-corrected chi connectivity index (χ0v) is 31.2. The summed E-state index contributed by atoms with van der Waals surface area (Å²) in [6.07, 6.45) is 0. The van der Waals surface area contributed by atoms with Crippen molar-refractivity contribution in [3.05, 3.63) is 229 Å². The molecule has 2 nitrogen and oxygen atoms in total. The Balaban J connectivity index is 0.979. The molecule has 0 unspecified atom stereocenters. The molecule has 56 heavy (non-hydrogen) atoms. The monoisotopic (exact) mass is 730 g/mol. The molecule has 10 aromatic rings. The van der Waals surface area contributed by atoms with E-state index in [0.717, 1.165) is 39.5 Å². The third kappa shape index (κ3) is 5.16. The number of thiophene rings is 1. The number of aromatic nitrogens is 2. The van der Waals surface area contributed by atoms with Crippen molar-refractivity contribution in [2.45, 2.75) is 5.41 Å². The number of fused-ring (bicyclic) bond motifs is 6. The number of hydrogen-bond acceptors (Lipinski definition) is 3. The van der Waals surface area contributed by atoms with Gasteiger partial charge in [0.1, 0.15) is 0 Å². The van der Waals surface area contributed by atoms with Gasteiger partial charge in [0.2, 0.25) is 0 Å². The van der Waals surface area contributed by atoms with Crippen LogP contribution in [0.2, 0.25) is 0 Å². The molecule has 8 aromatic carbocycles. The lowest BCUT2D eigenvalue weighted by Gasteiger charge is -2.34. The highest BCUT2D eigenvalue weighted by atomic mass is 32.1. The van der Waals surface area contributed by atoms with Crippen molar-refractivity contribution in [3.8, 4) is 56.2 Å². The lowest BCUT2D eigenvalue weighted by atomic mass is 9.67. The van der Waals surface area contributed by atoms with E-state index in [2.05, 4.69) is 188 Å². The zero-order valence-electron chi connectivity index (χ0n) is 30.4. The highest BCUT2D eigenvalue weighted by Crippen LogP contribution is 2.56. The maximum Gasteiger partial charge on any atom is 0.160 e. The molecule has 0 aliphatic heterocycles. The van der Waals surface area contributed by atoms with Gasteiger partial charge in [0.05, 0.1) is 16.8 Å². The minimum absolute atomic E-state index is 0.404. The summed E-state index contributed by atoms with van der Waals surface area (Å²) < 4.78 is 2.58. The second-order valence-electron chi connectivity index (χ2n) is 14.5. The summed E-state index contributed by atoms with van der Waals surface area (Å²) in [5.41, 5.74) is 14.7. The minimum atomic E-state index is -0.404. The Kier molecular flexibility index (Phi) is 7.61. The van der Waals surface area contributed by atoms with Crippen molar-refractivity contribution in [2.24, 2.45) is 0 Å². The van der Waals surface area contributed by atoms with E-state index in [0.29, 0.717) is 0 Å². The molecule has 0 spiro atoms. The molecule has 0 bridgehead atoms. The summed E-state index contributed by atoms with van der Waals surface area (Å²) in [7, 11) is 0. The van der Waals surface area contributed by atoms with E-state index in [-0.39, 0.29) is 0 Å². The molecular formula is C53H34N2S. The van der Waals surface area contributed by atoms with Crippen molar-refractivity contribution in [2.75, 3.05) is 0 Å². The first kappa shape index (κ1) is 32.5. The van der Waals surface area contributed by atoms with E-state index >= 15 is 0 Å². The van der Waals surface area contributed by atoms with Crippen LogP contribution in [-0.2, 0) is 5.41 Å². The molecular weight excluding hydrogens is 697 g/mol. The van der Waals surface area contributed by atoms with E-state index < -0.39 is 5.41 Å². The molecule has 3 heteroatoms. The fourth-order valence-corrected chi connectivity index (χ4v) is 9.89. The Hall–Kier alpha value is -6.94. The van der Waals surface area contributed by atoms with E-state index in [1.165, 1.54) is 59.1 Å². The van der Waals surface area contributed by atoms with Gasteiger partial charge in [-0.15, -0.1) is 11.3 Å². The summed E-state index contributed by atoms with van der Waals surface area (Å²) in [6.45, 7) is 0. The maximum atomic E-state index is 5.12. The normalized spacial score (nSPS) is 12.8. The van der Waals surface area contributed by atoms with Crippen molar-refractivity contribution in [1.82, 2.24) is 9.97 Å². The summed E-state index contributed by atoms with van der Waals surface area (Å²) in [5.74, 6) is 0.718. The highest BCUT2D eigenvalue weighted by Gasteiger charge is 2.45. The third-order valence-corrected chi connectivity index (χ3v) is 12.6. The van der Waals surface area contributed by atoms with Crippen LogP contribution in [0.3, 0.4) is 0 Å². The van der Waals surface area contributed by atoms with E-state index in [1.807, 2.05) is 29.5 Å². The number of rotatable bonds is 6. The molecule has 0 saturated carbocycles. The van der Waals surface area contributed by atoms with Gasteiger partial charge in [0, 0.05) is 36.9 Å². The average Bonchev–Trinajstić information content (AvgIpc) is 3.81. The lowest BCUT2D eigenvalue weighted by Crippen LogP contribution is -2.28. The van der Waals surface area contributed by atoms with Crippen molar-refractivity contribution >= 4 is 31.5 Å². The second-order valence-corrected chi connectivity index (χ2v) is 15.6. The SMILES string of the molecule is c1ccc(-c2nc(-c3ccc(-c4ccc(C5(c6ccccc6)c6ccccc6-c6ccccc65)cc4)cc3)cc(-c3ccc4sc5ccccc5c4c3)n2)cc1. The van der Waals surface area contributed by atoms with Crippen LogP contribution >= 0.6 is 11.3 Å². The third-order valence-electron chi connectivity index (χ3n) is 11.4. The Morgan fingerprint density at radius 2 is 0.839 bits per heavy atom. The number of hydrogen-bond donors (Lipinski definition) is 0. The summed E-state index contributed by atoms with van der Waals surface area (Å²) >= 11 is 1.83. The molecule has 2 aromatic heterocycles. The van der Waals surface area contributed by atoms with Crippen LogP contribution in [0.15, 0.2) is 206 Å². The predicted molar refractivity (Wildman–Crippen MR) is 234 cm³/mol. The number of nitrogens with zero attached hydrogens (tertiary/aromatic N) is 2. The summed E-state index contributed by atoms with van der Waals surface area (Å²) in [4.78, 5) is 10.2. The lowest BCUT2D eigenvalue weighted by molar-refractivity contribution is 0.768. The fraction of sp³-hybridized carbons (Fsp3) is 0.0189. The molecule has 0 N–H and O–H groups in total. The van der Waals surface area contributed by atoms with Crippen LogP contribution < -0.4 is 0 Å². The molecule has 262 valence electrons. The largest absolute Gasteiger partial charge is 0.228 e. The molecule has 0 saturated heterocycles. The zero-order chi connectivity index (χ0) is 37.1. The van der Waals surface area contributed by atoms with Gasteiger partial charge in [-0.3, -0.25) is 0 Å². The van der Waals surface area contributed by atoms with Crippen LogP contribution in [0.5, 0.6) is 0 Å². The van der Waals surface area contributed by atoms with Gasteiger partial charge < -0.3 is 0 Å². The van der Waals surface area contributed by atoms with Crippen molar-refractivity contribution < 1.29 is 0 Å². The van der Waals surface area contributed by atoms with E-state index in [1.54, 1.807) is 0 Å². The highest BCUT2D eigenvalue weighted by molar-refractivity contribution is 7.25. The number of benzene rings is 8. The Bertz CT molecular complexity index is 3010. The molecule has 0 fully saturated rings. The fourth-order valence-electron chi connectivity index (χ4n) is 8.80. The van der Waals surface area contributed by atoms with Crippen molar-refractivity contribution in [3.63, 3.8) is 0 Å². The van der Waals surface area contributed by atoms with Gasteiger partial charge >= 0.3 is 0 Å². The molecule has 1 aliphatic rings. The molecule has 2 heterocycles. The van der Waals surface area contributed by atoms with Gasteiger partial charge in [0.15, 0.2) is 5.82 Å². The average molecular weight is 731 g/mol. The van der Waals surface area contributed by atoms with Gasteiger partial charge in [0.25, 0.3) is 0 Å².